The average Bonchev–Trinajstić information content (AvgIpc) is 3.37. The highest BCUT2D eigenvalue weighted by molar-refractivity contribution is 5.77. The Morgan fingerprint density at radius 3 is 2.83 bits per heavy atom. The van der Waals surface area contributed by atoms with E-state index in [-0.39, 0.29) is 23.9 Å². The first-order valence-corrected chi connectivity index (χ1v) is 10.7. The van der Waals surface area contributed by atoms with E-state index in [2.05, 4.69) is 16.9 Å². The molecule has 2 heterocycles. The third kappa shape index (κ3) is 4.03. The van der Waals surface area contributed by atoms with Crippen molar-refractivity contribution in [3.8, 4) is 0 Å². The molecule has 1 saturated heterocycles. The summed E-state index contributed by atoms with van der Waals surface area (Å²) in [5.74, 6) is 1.24. The predicted octanol–water partition coefficient (Wildman–Crippen LogP) is 3.67. The fourth-order valence-electron chi connectivity index (χ4n) is 4.89. The van der Waals surface area contributed by atoms with Gasteiger partial charge in [-0.25, -0.2) is 9.37 Å². The molecule has 0 radical (unpaired) electrons. The molecule has 0 unspecified atom stereocenters. The lowest BCUT2D eigenvalue weighted by atomic mass is 9.79. The number of benzene rings is 1. The smallest absolute Gasteiger partial charge is 0.323 e. The lowest BCUT2D eigenvalue weighted by molar-refractivity contribution is -0.146. The molecular formula is C22H31FN4O2. The largest absolute Gasteiger partial charge is 0.468 e. The van der Waals surface area contributed by atoms with Gasteiger partial charge in [-0.05, 0) is 50.1 Å². The van der Waals surface area contributed by atoms with Crippen molar-refractivity contribution < 1.29 is 13.9 Å². The highest BCUT2D eigenvalue weighted by Crippen LogP contribution is 2.35. The lowest BCUT2D eigenvalue weighted by Crippen LogP contribution is -2.36. The minimum Gasteiger partial charge on any atom is -0.468 e. The van der Waals surface area contributed by atoms with Gasteiger partial charge in [0, 0.05) is 12.1 Å². The van der Waals surface area contributed by atoms with E-state index in [1.54, 1.807) is 6.07 Å². The number of nitrogens with zero attached hydrogens (tertiary/aromatic N) is 2. The van der Waals surface area contributed by atoms with Crippen molar-refractivity contribution in [1.82, 2.24) is 14.9 Å². The van der Waals surface area contributed by atoms with E-state index in [1.807, 2.05) is 11.0 Å². The second kappa shape index (κ2) is 8.40. The van der Waals surface area contributed by atoms with Gasteiger partial charge in [-0.1, -0.05) is 25.8 Å². The summed E-state index contributed by atoms with van der Waals surface area (Å²) in [7, 11) is 1.40. The Balaban J connectivity index is 1.54. The number of carbonyl (C=O) groups is 1. The molecule has 1 aromatic carbocycles. The minimum atomic E-state index is -0.329. The van der Waals surface area contributed by atoms with Crippen LogP contribution in [0.15, 0.2) is 12.1 Å². The molecule has 7 heteroatoms. The first-order chi connectivity index (χ1) is 14.0. The van der Waals surface area contributed by atoms with Gasteiger partial charge < -0.3 is 15.5 Å². The standard InChI is InChI=1S/C22H31FN4O2/c1-13-5-7-14(8-6-13)19(24)21-25-16-10-9-15(18(23)20(16)26-21)12-27-11-3-4-17(27)22(28)29-2/h9-10,13-14,17,19H,3-8,11-12,24H2,1-2H3,(H,25,26)/t13?,14?,17-,19+/m1/s1. The number of aromatic nitrogens is 2. The first-order valence-electron chi connectivity index (χ1n) is 10.7. The summed E-state index contributed by atoms with van der Waals surface area (Å²) in [4.78, 5) is 21.7. The Labute approximate surface area is 171 Å². The number of esters is 1. The van der Waals surface area contributed by atoms with Crippen LogP contribution in [0.5, 0.6) is 0 Å². The third-order valence-electron chi connectivity index (χ3n) is 6.79. The van der Waals surface area contributed by atoms with Gasteiger partial charge in [0.25, 0.3) is 0 Å². The molecule has 6 nitrogen and oxygen atoms in total. The van der Waals surface area contributed by atoms with Crippen molar-refractivity contribution in [1.29, 1.82) is 0 Å². The van der Waals surface area contributed by atoms with E-state index in [0.29, 0.717) is 34.9 Å². The molecule has 1 aromatic heterocycles. The lowest BCUT2D eigenvalue weighted by Gasteiger charge is -2.29. The molecule has 0 amide bonds. The quantitative estimate of drug-likeness (QED) is 0.746. The van der Waals surface area contributed by atoms with Crippen molar-refractivity contribution in [3.05, 3.63) is 29.3 Å². The number of likely N-dealkylation sites (tertiary alicyclic amines) is 1. The number of nitrogens with one attached hydrogen (secondary N) is 1. The summed E-state index contributed by atoms with van der Waals surface area (Å²) < 4.78 is 20.1. The van der Waals surface area contributed by atoms with Crippen molar-refractivity contribution in [2.75, 3.05) is 13.7 Å². The van der Waals surface area contributed by atoms with Gasteiger partial charge in [0.1, 0.15) is 17.4 Å². The molecule has 2 fully saturated rings. The summed E-state index contributed by atoms with van der Waals surface area (Å²) >= 11 is 0. The highest BCUT2D eigenvalue weighted by Gasteiger charge is 2.32. The van der Waals surface area contributed by atoms with E-state index in [4.69, 9.17) is 10.5 Å². The zero-order valence-corrected chi connectivity index (χ0v) is 17.3. The van der Waals surface area contributed by atoms with Gasteiger partial charge >= 0.3 is 5.97 Å². The Morgan fingerprint density at radius 2 is 2.10 bits per heavy atom. The average molecular weight is 403 g/mol. The maximum atomic E-state index is 15.2. The number of rotatable bonds is 5. The summed E-state index contributed by atoms with van der Waals surface area (Å²) in [6.45, 7) is 3.41. The van der Waals surface area contributed by atoms with E-state index >= 15 is 4.39 Å². The molecule has 0 spiro atoms. The van der Waals surface area contributed by atoms with Crippen molar-refractivity contribution in [3.63, 3.8) is 0 Å². The molecule has 4 rings (SSSR count). The molecule has 2 atom stereocenters. The van der Waals surface area contributed by atoms with Crippen LogP contribution in [-0.4, -0.2) is 40.5 Å². The van der Waals surface area contributed by atoms with E-state index < -0.39 is 0 Å². The topological polar surface area (TPSA) is 84.2 Å². The van der Waals surface area contributed by atoms with Gasteiger partial charge in [0.2, 0.25) is 0 Å². The Morgan fingerprint density at radius 1 is 1.34 bits per heavy atom. The summed E-state index contributed by atoms with van der Waals surface area (Å²) in [6, 6.07) is 3.15. The molecule has 2 aromatic rings. The number of ether oxygens (including phenoxy) is 1. The number of fused-ring (bicyclic) bond motifs is 1. The van der Waals surface area contributed by atoms with Crippen LogP contribution in [-0.2, 0) is 16.1 Å². The number of carbonyl (C=O) groups excluding carboxylic acids is 1. The molecule has 1 aliphatic carbocycles. The second-order valence-electron chi connectivity index (χ2n) is 8.75. The van der Waals surface area contributed by atoms with Crippen LogP contribution in [0.1, 0.15) is 62.9 Å². The summed E-state index contributed by atoms with van der Waals surface area (Å²) in [5.41, 5.74) is 8.05. The maximum absolute atomic E-state index is 15.2. The van der Waals surface area contributed by atoms with Gasteiger partial charge in [-0.2, -0.15) is 0 Å². The monoisotopic (exact) mass is 402 g/mol. The number of hydrogen-bond acceptors (Lipinski definition) is 5. The van der Waals surface area contributed by atoms with Crippen LogP contribution < -0.4 is 5.73 Å². The van der Waals surface area contributed by atoms with Gasteiger partial charge in [-0.15, -0.1) is 0 Å². The zero-order chi connectivity index (χ0) is 20.5. The van der Waals surface area contributed by atoms with Crippen molar-refractivity contribution in [2.45, 2.75) is 64.1 Å². The fraction of sp³-hybridized carbons (Fsp3) is 0.636. The number of H-pyrrole nitrogens is 1. The number of methoxy groups -OCH3 is 1. The zero-order valence-electron chi connectivity index (χ0n) is 17.3. The summed E-state index contributed by atoms with van der Waals surface area (Å²) in [5, 5.41) is 0. The second-order valence-corrected chi connectivity index (χ2v) is 8.75. The van der Waals surface area contributed by atoms with Crippen LogP contribution in [0.3, 0.4) is 0 Å². The van der Waals surface area contributed by atoms with Crippen molar-refractivity contribution >= 4 is 17.0 Å². The molecule has 1 aliphatic heterocycles. The van der Waals surface area contributed by atoms with Crippen molar-refractivity contribution in [2.24, 2.45) is 17.6 Å². The molecule has 0 bridgehead atoms. The normalized spacial score (nSPS) is 26.7. The number of nitrogens with two attached hydrogens (primary N) is 1. The number of imidazole rings is 1. The fourth-order valence-corrected chi connectivity index (χ4v) is 4.89. The molecule has 1 saturated carbocycles. The van der Waals surface area contributed by atoms with E-state index in [0.717, 1.165) is 38.1 Å². The third-order valence-corrected chi connectivity index (χ3v) is 6.79. The Hall–Kier alpha value is -1.99. The molecule has 3 N–H and O–H groups in total. The van der Waals surface area contributed by atoms with Crippen LogP contribution in [0, 0.1) is 17.7 Å². The van der Waals surface area contributed by atoms with Gasteiger partial charge in [0.05, 0.1) is 18.7 Å². The van der Waals surface area contributed by atoms with E-state index in [9.17, 15) is 4.79 Å². The highest BCUT2D eigenvalue weighted by atomic mass is 19.1. The number of hydrogen-bond donors (Lipinski definition) is 2. The molecule has 29 heavy (non-hydrogen) atoms. The molecular weight excluding hydrogens is 371 g/mol. The van der Waals surface area contributed by atoms with E-state index in [1.165, 1.54) is 20.0 Å². The Kier molecular flexibility index (Phi) is 5.88. The maximum Gasteiger partial charge on any atom is 0.323 e. The number of aromatic amines is 1. The minimum absolute atomic E-state index is 0.194. The summed E-state index contributed by atoms with van der Waals surface area (Å²) in [6.07, 6.45) is 6.22. The van der Waals surface area contributed by atoms with Gasteiger partial charge in [0.15, 0.2) is 5.82 Å². The molecule has 158 valence electrons. The van der Waals surface area contributed by atoms with Crippen LogP contribution in [0.2, 0.25) is 0 Å². The predicted molar refractivity (Wildman–Crippen MR) is 110 cm³/mol. The number of halogens is 1. The molecule has 2 aliphatic rings. The SMILES string of the molecule is COC(=O)[C@H]1CCCN1Cc1ccc2[nH]c([C@@H](N)C3CCC(C)CC3)nc2c1F. The first kappa shape index (κ1) is 20.3. The van der Waals surface area contributed by atoms with Crippen LogP contribution >= 0.6 is 0 Å². The van der Waals surface area contributed by atoms with Crippen LogP contribution in [0.4, 0.5) is 4.39 Å². The van der Waals surface area contributed by atoms with Gasteiger partial charge in [-0.3, -0.25) is 9.69 Å². The van der Waals surface area contributed by atoms with Crippen LogP contribution in [0.25, 0.3) is 11.0 Å². The Bertz CT molecular complexity index is 875.